The maximum absolute atomic E-state index is 13.0. The third-order valence-corrected chi connectivity index (χ3v) is 5.53. The van der Waals surface area contributed by atoms with Crippen LogP contribution >= 0.6 is 0 Å². The van der Waals surface area contributed by atoms with E-state index in [0.717, 1.165) is 37.3 Å². The minimum atomic E-state index is -0.217. The van der Waals surface area contributed by atoms with Crippen LogP contribution in [0.2, 0.25) is 0 Å². The monoisotopic (exact) mass is 409 g/mol. The van der Waals surface area contributed by atoms with Crippen LogP contribution in [-0.4, -0.2) is 38.0 Å². The topological polar surface area (TPSA) is 70.4 Å². The van der Waals surface area contributed by atoms with Gasteiger partial charge in [-0.05, 0) is 49.2 Å². The molecule has 2 aliphatic rings. The lowest BCUT2D eigenvalue weighted by molar-refractivity contribution is 0.0281. The van der Waals surface area contributed by atoms with Crippen LogP contribution in [0, 0.1) is 0 Å². The number of benzene rings is 2. The van der Waals surface area contributed by atoms with Crippen molar-refractivity contribution in [1.82, 2.24) is 4.90 Å². The molecule has 3 aromatic rings. The zero-order chi connectivity index (χ0) is 20.5. The van der Waals surface area contributed by atoms with Gasteiger partial charge in [-0.15, -0.1) is 0 Å². The second kappa shape index (κ2) is 8.01. The van der Waals surface area contributed by atoms with Crippen LogP contribution in [0.25, 0.3) is 11.0 Å². The normalized spacial score (nSPS) is 18.8. The fraction of sp³-hybridized carbons (Fsp3) is 0.348. The van der Waals surface area contributed by atoms with Crippen LogP contribution in [0.1, 0.15) is 18.4 Å². The van der Waals surface area contributed by atoms with E-state index in [4.69, 9.17) is 23.4 Å². The maximum atomic E-state index is 13.0. The van der Waals surface area contributed by atoms with E-state index in [0.29, 0.717) is 35.7 Å². The zero-order valence-electron chi connectivity index (χ0n) is 16.8. The molecule has 1 aromatic heterocycles. The Balaban J connectivity index is 1.42. The van der Waals surface area contributed by atoms with E-state index < -0.39 is 0 Å². The lowest BCUT2D eigenvalue weighted by Gasteiger charge is -2.30. The number of ether oxygens (including phenoxy) is 4. The van der Waals surface area contributed by atoms with Crippen molar-refractivity contribution < 1.29 is 23.4 Å². The smallest absolute Gasteiger partial charge is 0.235 e. The molecular weight excluding hydrogens is 386 g/mol. The molecule has 7 nitrogen and oxygen atoms in total. The van der Waals surface area contributed by atoms with Crippen molar-refractivity contribution in [2.24, 2.45) is 0 Å². The van der Waals surface area contributed by atoms with E-state index in [1.54, 1.807) is 37.4 Å². The molecule has 0 spiro atoms. The summed E-state index contributed by atoms with van der Waals surface area (Å²) < 4.78 is 28.4. The van der Waals surface area contributed by atoms with Gasteiger partial charge in [-0.2, -0.15) is 0 Å². The summed E-state index contributed by atoms with van der Waals surface area (Å²) in [7, 11) is 1.60. The molecule has 1 saturated heterocycles. The van der Waals surface area contributed by atoms with Gasteiger partial charge in [0.2, 0.25) is 11.2 Å². The van der Waals surface area contributed by atoms with Crippen LogP contribution < -0.4 is 19.6 Å². The highest BCUT2D eigenvalue weighted by Crippen LogP contribution is 2.33. The molecule has 30 heavy (non-hydrogen) atoms. The lowest BCUT2D eigenvalue weighted by atomic mass is 10.1. The molecule has 2 aliphatic heterocycles. The van der Waals surface area contributed by atoms with Gasteiger partial charge in [0.15, 0.2) is 0 Å². The average molecular weight is 409 g/mol. The predicted octanol–water partition coefficient (Wildman–Crippen LogP) is 3.92. The first-order valence-electron chi connectivity index (χ1n) is 10.1. The van der Waals surface area contributed by atoms with Crippen molar-refractivity contribution in [2.75, 3.05) is 27.0 Å². The maximum Gasteiger partial charge on any atom is 0.235 e. The van der Waals surface area contributed by atoms with Crippen molar-refractivity contribution in [1.29, 1.82) is 0 Å². The molecule has 0 radical (unpaired) electrons. The molecule has 0 bridgehead atoms. The van der Waals surface area contributed by atoms with Crippen LogP contribution in [0.15, 0.2) is 51.9 Å². The molecule has 1 atom stereocenters. The van der Waals surface area contributed by atoms with Crippen molar-refractivity contribution in [3.8, 4) is 23.0 Å². The van der Waals surface area contributed by atoms with Gasteiger partial charge in [-0.3, -0.25) is 9.69 Å². The molecule has 1 unspecified atom stereocenters. The third kappa shape index (κ3) is 3.62. The molecule has 0 aliphatic carbocycles. The summed E-state index contributed by atoms with van der Waals surface area (Å²) in [5.41, 5.74) is 1.20. The highest BCUT2D eigenvalue weighted by molar-refractivity contribution is 5.83. The summed E-state index contributed by atoms with van der Waals surface area (Å²) in [5, 5.41) is 0.474. The Morgan fingerprint density at radius 2 is 1.97 bits per heavy atom. The lowest BCUT2D eigenvalue weighted by Crippen LogP contribution is -2.37. The first-order chi connectivity index (χ1) is 14.7. The predicted molar refractivity (Wildman–Crippen MR) is 110 cm³/mol. The number of hydrogen-bond donors (Lipinski definition) is 0. The average Bonchev–Trinajstić information content (AvgIpc) is 3.29. The van der Waals surface area contributed by atoms with Gasteiger partial charge >= 0.3 is 0 Å². The Labute approximate surface area is 173 Å². The molecular formula is C23H23NO6. The van der Waals surface area contributed by atoms with Gasteiger partial charge in [0.1, 0.15) is 35.8 Å². The highest BCUT2D eigenvalue weighted by atomic mass is 16.5. The number of hydrogen-bond acceptors (Lipinski definition) is 7. The Hall–Kier alpha value is -3.03. The molecule has 0 N–H and O–H groups in total. The summed E-state index contributed by atoms with van der Waals surface area (Å²) in [6.45, 7) is 2.78. The zero-order valence-corrected chi connectivity index (χ0v) is 16.8. The third-order valence-electron chi connectivity index (χ3n) is 5.53. The van der Waals surface area contributed by atoms with Crippen LogP contribution in [0.4, 0.5) is 0 Å². The van der Waals surface area contributed by atoms with Gasteiger partial charge in [-0.1, -0.05) is 0 Å². The molecule has 0 saturated carbocycles. The fourth-order valence-corrected chi connectivity index (χ4v) is 3.97. The van der Waals surface area contributed by atoms with E-state index >= 15 is 0 Å². The summed E-state index contributed by atoms with van der Waals surface area (Å²) in [6.07, 6.45) is 3.78. The molecule has 156 valence electrons. The van der Waals surface area contributed by atoms with Crippen LogP contribution in [-0.2, 0) is 11.3 Å². The molecule has 2 aromatic carbocycles. The summed E-state index contributed by atoms with van der Waals surface area (Å²) in [4.78, 5) is 15.2. The van der Waals surface area contributed by atoms with E-state index in [9.17, 15) is 4.79 Å². The molecule has 0 amide bonds. The molecule has 5 rings (SSSR count). The first-order valence-corrected chi connectivity index (χ1v) is 10.1. The van der Waals surface area contributed by atoms with E-state index in [1.807, 2.05) is 6.07 Å². The standard InChI is InChI=1S/C23H23NO6/c1-26-15-4-6-16(7-5-15)30-21-13-28-23-18(22(21)25)8-9-20-19(23)12-24(14-29-20)11-17-3-2-10-27-17/h4-9,13,17H,2-3,10-12,14H2,1H3. The number of rotatable bonds is 5. The molecule has 7 heteroatoms. The SMILES string of the molecule is COc1ccc(Oc2coc3c4c(ccc3c2=O)OCN(CC2CCCO2)C4)cc1. The Bertz CT molecular complexity index is 1100. The van der Waals surface area contributed by atoms with Crippen molar-refractivity contribution in [2.45, 2.75) is 25.5 Å². The highest BCUT2D eigenvalue weighted by Gasteiger charge is 2.26. The van der Waals surface area contributed by atoms with E-state index in [2.05, 4.69) is 4.90 Å². The van der Waals surface area contributed by atoms with Gasteiger partial charge in [0, 0.05) is 19.7 Å². The summed E-state index contributed by atoms with van der Waals surface area (Å²) >= 11 is 0. The van der Waals surface area contributed by atoms with E-state index in [-0.39, 0.29) is 17.3 Å². The van der Waals surface area contributed by atoms with Crippen molar-refractivity contribution in [3.05, 3.63) is 58.4 Å². The largest absolute Gasteiger partial charge is 0.497 e. The van der Waals surface area contributed by atoms with E-state index in [1.165, 1.54) is 6.26 Å². The Kier molecular flexibility index (Phi) is 5.06. The molecule has 3 heterocycles. The molecule has 1 fully saturated rings. The number of fused-ring (bicyclic) bond motifs is 3. The van der Waals surface area contributed by atoms with Crippen molar-refractivity contribution >= 4 is 11.0 Å². The van der Waals surface area contributed by atoms with Gasteiger partial charge in [-0.25, -0.2) is 0 Å². The van der Waals surface area contributed by atoms with Gasteiger partial charge in [0.25, 0.3) is 0 Å². The Morgan fingerprint density at radius 1 is 1.13 bits per heavy atom. The minimum absolute atomic E-state index is 0.139. The summed E-state index contributed by atoms with van der Waals surface area (Å²) in [5.74, 6) is 2.14. The van der Waals surface area contributed by atoms with Crippen molar-refractivity contribution in [3.63, 3.8) is 0 Å². The number of methoxy groups -OCH3 is 1. The number of nitrogens with zero attached hydrogens (tertiary/aromatic N) is 1. The van der Waals surface area contributed by atoms with Crippen LogP contribution in [0.5, 0.6) is 23.0 Å². The van der Waals surface area contributed by atoms with Crippen LogP contribution in [0.3, 0.4) is 0 Å². The second-order valence-corrected chi connectivity index (χ2v) is 7.55. The Morgan fingerprint density at radius 3 is 2.73 bits per heavy atom. The van der Waals surface area contributed by atoms with Gasteiger partial charge < -0.3 is 23.4 Å². The first kappa shape index (κ1) is 19.0. The minimum Gasteiger partial charge on any atom is -0.497 e. The second-order valence-electron chi connectivity index (χ2n) is 7.55. The fourth-order valence-electron chi connectivity index (χ4n) is 3.97. The summed E-state index contributed by atoms with van der Waals surface area (Å²) in [6, 6.07) is 10.6. The van der Waals surface area contributed by atoms with Gasteiger partial charge in [0.05, 0.1) is 24.2 Å². The quantitative estimate of drug-likeness (QED) is 0.632.